The molecule has 4 rings (SSSR count). The second kappa shape index (κ2) is 7.11. The fraction of sp³-hybridized carbons (Fsp3) is 0.650. The van der Waals surface area contributed by atoms with E-state index < -0.39 is 26.3 Å². The Labute approximate surface area is 174 Å². The Hall–Kier alpha value is -2.36. The fourth-order valence-corrected chi connectivity index (χ4v) is 6.35. The lowest BCUT2D eigenvalue weighted by atomic mass is 10.0. The molecular formula is C20H28N4O5S. The van der Waals surface area contributed by atoms with Crippen LogP contribution in [-0.2, 0) is 30.5 Å². The van der Waals surface area contributed by atoms with Gasteiger partial charge in [0, 0.05) is 39.0 Å². The molecule has 2 aliphatic rings. The quantitative estimate of drug-likeness (QED) is 0.699. The van der Waals surface area contributed by atoms with E-state index in [0.29, 0.717) is 36.1 Å². The monoisotopic (exact) mass is 436 g/mol. The highest BCUT2D eigenvalue weighted by Gasteiger charge is 2.46. The molecule has 2 fully saturated rings. The highest BCUT2D eigenvalue weighted by Crippen LogP contribution is 2.39. The lowest BCUT2D eigenvalue weighted by Crippen LogP contribution is -2.50. The first-order chi connectivity index (χ1) is 14.1. The Kier molecular flexibility index (Phi) is 4.95. The van der Waals surface area contributed by atoms with Gasteiger partial charge in [0.1, 0.15) is 21.2 Å². The number of carbonyl (C=O) groups is 1. The zero-order valence-electron chi connectivity index (χ0n) is 17.8. The van der Waals surface area contributed by atoms with Crippen LogP contribution < -0.4 is 11.2 Å². The maximum Gasteiger partial charge on any atom is 0.332 e. The summed E-state index contributed by atoms with van der Waals surface area (Å²) in [6.07, 6.45) is 4.48. The number of hydrogen-bond acceptors (Lipinski definition) is 5. The number of amides is 1. The minimum Gasteiger partial charge on any atom is -0.331 e. The molecule has 9 nitrogen and oxygen atoms in total. The normalized spacial score (nSPS) is 24.0. The first-order valence-electron chi connectivity index (χ1n) is 10.4. The molecule has 0 radical (unpaired) electrons. The molecule has 10 heteroatoms. The Morgan fingerprint density at radius 3 is 2.23 bits per heavy atom. The van der Waals surface area contributed by atoms with Crippen molar-refractivity contribution >= 4 is 26.8 Å². The van der Waals surface area contributed by atoms with E-state index in [2.05, 4.69) is 0 Å². The predicted octanol–water partition coefficient (Wildman–Crippen LogP) is 0.629. The summed E-state index contributed by atoms with van der Waals surface area (Å²) in [4.78, 5) is 40.6. The number of aromatic nitrogens is 3. The molecule has 2 aromatic heterocycles. The number of sulfone groups is 1. The summed E-state index contributed by atoms with van der Waals surface area (Å²) in [6, 6.07) is 1.36. The lowest BCUT2D eigenvalue weighted by Gasteiger charge is -2.38. The van der Waals surface area contributed by atoms with Crippen molar-refractivity contribution in [2.75, 3.05) is 6.26 Å². The number of piperidine rings is 1. The third-order valence-electron chi connectivity index (χ3n) is 6.69. The van der Waals surface area contributed by atoms with Gasteiger partial charge in [-0.15, -0.1) is 0 Å². The minimum atomic E-state index is -3.15. The number of fused-ring (bicyclic) bond motifs is 3. The van der Waals surface area contributed by atoms with E-state index in [9.17, 15) is 22.8 Å². The number of rotatable bonds is 4. The zero-order chi connectivity index (χ0) is 22.0. The van der Waals surface area contributed by atoms with Crippen molar-refractivity contribution < 1.29 is 13.2 Å². The topological polar surface area (TPSA) is 103 Å². The van der Waals surface area contributed by atoms with E-state index >= 15 is 0 Å². The molecule has 0 spiro atoms. The smallest absolute Gasteiger partial charge is 0.331 e. The fourth-order valence-electron chi connectivity index (χ4n) is 5.21. The average molecular weight is 437 g/mol. The van der Waals surface area contributed by atoms with Crippen molar-refractivity contribution in [2.24, 2.45) is 14.1 Å². The lowest BCUT2D eigenvalue weighted by molar-refractivity contribution is 0.0587. The second-order valence-corrected chi connectivity index (χ2v) is 11.0. The Balaban J connectivity index is 1.82. The summed E-state index contributed by atoms with van der Waals surface area (Å²) in [5, 5.41) is -0.0663. The van der Waals surface area contributed by atoms with Crippen LogP contribution in [0.2, 0.25) is 0 Å². The van der Waals surface area contributed by atoms with Gasteiger partial charge in [0.2, 0.25) is 0 Å². The Bertz CT molecular complexity index is 1240. The highest BCUT2D eigenvalue weighted by molar-refractivity contribution is 7.91. The molecule has 2 aromatic rings. The summed E-state index contributed by atoms with van der Waals surface area (Å²) >= 11 is 0. The molecule has 2 saturated heterocycles. The molecule has 1 amide bonds. The van der Waals surface area contributed by atoms with Gasteiger partial charge in [-0.1, -0.05) is 6.92 Å². The van der Waals surface area contributed by atoms with Gasteiger partial charge >= 0.3 is 5.69 Å². The molecule has 0 N–H and O–H groups in total. The largest absolute Gasteiger partial charge is 0.332 e. The van der Waals surface area contributed by atoms with Crippen LogP contribution in [-0.4, -0.2) is 56.5 Å². The predicted molar refractivity (Wildman–Crippen MR) is 114 cm³/mol. The molecule has 0 aliphatic carbocycles. The van der Waals surface area contributed by atoms with Crippen molar-refractivity contribution in [1.82, 2.24) is 18.6 Å². The summed E-state index contributed by atoms with van der Waals surface area (Å²) in [7, 11) is -0.116. The first-order valence-corrected chi connectivity index (χ1v) is 12.3. The first kappa shape index (κ1) is 20.9. The summed E-state index contributed by atoms with van der Waals surface area (Å²) in [6.45, 7) is 2.47. The third kappa shape index (κ3) is 3.03. The van der Waals surface area contributed by atoms with Crippen LogP contribution in [0.15, 0.2) is 15.7 Å². The van der Waals surface area contributed by atoms with E-state index in [1.165, 1.54) is 17.9 Å². The van der Waals surface area contributed by atoms with Gasteiger partial charge < -0.3 is 9.47 Å². The van der Waals surface area contributed by atoms with E-state index in [1.807, 2.05) is 11.8 Å². The van der Waals surface area contributed by atoms with Crippen LogP contribution in [0.5, 0.6) is 0 Å². The van der Waals surface area contributed by atoms with Crippen LogP contribution >= 0.6 is 0 Å². The maximum absolute atomic E-state index is 13.6. The van der Waals surface area contributed by atoms with Crippen molar-refractivity contribution in [3.05, 3.63) is 32.6 Å². The van der Waals surface area contributed by atoms with E-state index in [0.717, 1.165) is 23.8 Å². The van der Waals surface area contributed by atoms with Gasteiger partial charge in [-0.3, -0.25) is 18.7 Å². The van der Waals surface area contributed by atoms with Crippen LogP contribution in [0.3, 0.4) is 0 Å². The molecule has 2 atom stereocenters. The van der Waals surface area contributed by atoms with Crippen LogP contribution in [0.4, 0.5) is 0 Å². The molecule has 0 saturated carbocycles. The zero-order valence-corrected chi connectivity index (χ0v) is 18.6. The number of carbonyl (C=O) groups excluding carboxylic acids is 1. The van der Waals surface area contributed by atoms with Crippen molar-refractivity contribution in [2.45, 2.75) is 62.9 Å². The van der Waals surface area contributed by atoms with Gasteiger partial charge in [-0.25, -0.2) is 13.2 Å². The van der Waals surface area contributed by atoms with E-state index in [4.69, 9.17) is 0 Å². The van der Waals surface area contributed by atoms with Gasteiger partial charge in [0.05, 0.1) is 10.6 Å². The average Bonchev–Trinajstić information content (AvgIpc) is 3.18. The van der Waals surface area contributed by atoms with Crippen LogP contribution in [0.1, 0.15) is 49.5 Å². The van der Waals surface area contributed by atoms with Gasteiger partial charge in [-0.2, -0.15) is 0 Å². The number of nitrogens with zero attached hydrogens (tertiary/aromatic N) is 4. The third-order valence-corrected chi connectivity index (χ3v) is 8.29. The van der Waals surface area contributed by atoms with E-state index in [-0.39, 0.29) is 18.0 Å². The molecule has 30 heavy (non-hydrogen) atoms. The summed E-state index contributed by atoms with van der Waals surface area (Å²) in [5.74, 6) is -0.186. The number of hydrogen-bond donors (Lipinski definition) is 0. The van der Waals surface area contributed by atoms with Crippen molar-refractivity contribution in [3.63, 3.8) is 0 Å². The Morgan fingerprint density at radius 2 is 1.70 bits per heavy atom. The summed E-state index contributed by atoms with van der Waals surface area (Å²) in [5.41, 5.74) is -0.0155. The van der Waals surface area contributed by atoms with E-state index in [1.54, 1.807) is 17.7 Å². The molecule has 0 aromatic carbocycles. The molecule has 2 bridgehead atoms. The summed E-state index contributed by atoms with van der Waals surface area (Å²) < 4.78 is 28.4. The highest BCUT2D eigenvalue weighted by atomic mass is 32.2. The van der Waals surface area contributed by atoms with Crippen LogP contribution in [0, 0.1) is 0 Å². The standard InChI is InChI=1S/C20H28N4O5S/c1-5-8-23-16(11-15-17(23)21(2)20(27)22(3)18(15)25)19(26)24-12-6-7-13(24)10-14(9-12)30(4,28)29/h11-14H,5-10H2,1-4H3. The van der Waals surface area contributed by atoms with Gasteiger partial charge in [0.25, 0.3) is 11.5 Å². The molecule has 2 aliphatic heterocycles. The van der Waals surface area contributed by atoms with Crippen molar-refractivity contribution in [1.29, 1.82) is 0 Å². The second-order valence-electron chi connectivity index (χ2n) is 8.64. The molecule has 164 valence electrons. The van der Waals surface area contributed by atoms with Gasteiger partial charge in [0.15, 0.2) is 0 Å². The maximum atomic E-state index is 13.6. The van der Waals surface area contributed by atoms with Crippen LogP contribution in [0.25, 0.3) is 11.0 Å². The molecule has 2 unspecified atom stereocenters. The molecular weight excluding hydrogens is 408 g/mol. The molecule has 4 heterocycles. The SMILES string of the molecule is CCCn1c(C(=O)N2C3CCC2CC(S(C)(=O)=O)C3)cc2c(=O)n(C)c(=O)n(C)c21. The Morgan fingerprint density at radius 1 is 1.10 bits per heavy atom. The van der Waals surface area contributed by atoms with Crippen molar-refractivity contribution in [3.8, 4) is 0 Å². The number of aryl methyl sites for hydroxylation is 2. The van der Waals surface area contributed by atoms with Gasteiger partial charge in [-0.05, 0) is 38.2 Å². The minimum absolute atomic E-state index is 0.115.